The van der Waals surface area contributed by atoms with Gasteiger partial charge in [-0.15, -0.1) is 0 Å². The molecule has 0 heterocycles. The fraction of sp³-hybridized carbons (Fsp3) is 0.174. The summed E-state index contributed by atoms with van der Waals surface area (Å²) in [5, 5.41) is 2.66. The molecule has 1 amide bonds. The first-order valence-corrected chi connectivity index (χ1v) is 9.55. The quantitative estimate of drug-likeness (QED) is 0.515. The van der Waals surface area contributed by atoms with Crippen molar-refractivity contribution >= 4 is 23.2 Å². The molecule has 0 aromatic heterocycles. The Kier molecular flexibility index (Phi) is 6.73. The number of aryl methyl sites for hydroxylation is 1. The number of ether oxygens (including phenoxy) is 2. The van der Waals surface area contributed by atoms with Gasteiger partial charge in [0.1, 0.15) is 23.9 Å². The number of halogens is 2. The molecule has 0 radical (unpaired) electrons. The maximum absolute atomic E-state index is 13.3. The highest BCUT2D eigenvalue weighted by molar-refractivity contribution is 6.31. The molecular formula is C23H21ClFNO3. The van der Waals surface area contributed by atoms with Gasteiger partial charge in [0.2, 0.25) is 0 Å². The first-order chi connectivity index (χ1) is 14.0. The van der Waals surface area contributed by atoms with Gasteiger partial charge in [-0.3, -0.25) is 4.79 Å². The topological polar surface area (TPSA) is 47.6 Å². The summed E-state index contributed by atoms with van der Waals surface area (Å²) in [5.41, 5.74) is 2.73. The van der Waals surface area contributed by atoms with Crippen molar-refractivity contribution in [1.29, 1.82) is 0 Å². The maximum atomic E-state index is 13.3. The lowest BCUT2D eigenvalue weighted by atomic mass is 10.1. The second kappa shape index (κ2) is 9.43. The molecule has 0 bridgehead atoms. The van der Waals surface area contributed by atoms with Crippen molar-refractivity contribution in [3.05, 3.63) is 88.2 Å². The molecule has 4 nitrogen and oxygen atoms in total. The molecule has 0 saturated heterocycles. The van der Waals surface area contributed by atoms with Gasteiger partial charge in [-0.25, -0.2) is 4.39 Å². The van der Waals surface area contributed by atoms with E-state index in [2.05, 4.69) is 5.32 Å². The van der Waals surface area contributed by atoms with Crippen LogP contribution in [-0.4, -0.2) is 12.5 Å². The highest BCUT2D eigenvalue weighted by atomic mass is 35.5. The molecule has 0 saturated carbocycles. The molecule has 0 spiro atoms. The number of anilines is 1. The van der Waals surface area contributed by atoms with E-state index in [1.807, 2.05) is 38.1 Å². The molecule has 150 valence electrons. The Balaban J connectivity index is 1.78. The predicted octanol–water partition coefficient (Wildman–Crippen LogP) is 6.02. The molecule has 0 aliphatic heterocycles. The SMILES string of the molecule is CCOc1ccc(C(=O)Nc2ccc(F)c(Cl)c2)cc1COc1ccc(C)cc1. The van der Waals surface area contributed by atoms with E-state index in [0.29, 0.717) is 23.6 Å². The summed E-state index contributed by atoms with van der Waals surface area (Å²) in [6.45, 7) is 4.65. The summed E-state index contributed by atoms with van der Waals surface area (Å²) in [7, 11) is 0. The Bertz CT molecular complexity index is 1010. The molecule has 0 aliphatic rings. The van der Waals surface area contributed by atoms with Crippen LogP contribution in [0.2, 0.25) is 5.02 Å². The molecule has 3 aromatic carbocycles. The first-order valence-electron chi connectivity index (χ1n) is 9.18. The standard InChI is InChI=1S/C23H21ClFNO3/c1-3-28-22-11-6-16(23(27)26-18-7-10-21(25)20(24)13-18)12-17(22)14-29-19-8-4-15(2)5-9-19/h4-13H,3,14H2,1-2H3,(H,26,27). The number of benzene rings is 3. The van der Waals surface area contributed by atoms with Gasteiger partial charge in [-0.2, -0.15) is 0 Å². The molecule has 0 aliphatic carbocycles. The lowest BCUT2D eigenvalue weighted by Gasteiger charge is -2.14. The van der Waals surface area contributed by atoms with E-state index in [1.165, 1.54) is 18.2 Å². The van der Waals surface area contributed by atoms with Crippen molar-refractivity contribution in [1.82, 2.24) is 0 Å². The Morgan fingerprint density at radius 3 is 2.48 bits per heavy atom. The zero-order valence-corrected chi connectivity index (χ0v) is 16.9. The minimum Gasteiger partial charge on any atom is -0.493 e. The third kappa shape index (κ3) is 5.48. The summed E-state index contributed by atoms with van der Waals surface area (Å²) < 4.78 is 24.8. The highest BCUT2D eigenvalue weighted by Crippen LogP contribution is 2.24. The van der Waals surface area contributed by atoms with Crippen LogP contribution in [0.3, 0.4) is 0 Å². The van der Waals surface area contributed by atoms with Crippen molar-refractivity contribution in [2.24, 2.45) is 0 Å². The highest BCUT2D eigenvalue weighted by Gasteiger charge is 2.13. The lowest BCUT2D eigenvalue weighted by molar-refractivity contribution is 0.102. The summed E-state index contributed by atoms with van der Waals surface area (Å²) >= 11 is 5.77. The van der Waals surface area contributed by atoms with E-state index in [9.17, 15) is 9.18 Å². The lowest BCUT2D eigenvalue weighted by Crippen LogP contribution is -2.13. The van der Waals surface area contributed by atoms with Crippen LogP contribution < -0.4 is 14.8 Å². The van der Waals surface area contributed by atoms with Crippen LogP contribution in [0.5, 0.6) is 11.5 Å². The van der Waals surface area contributed by atoms with Gasteiger partial charge in [0.25, 0.3) is 5.91 Å². The van der Waals surface area contributed by atoms with Gasteiger partial charge in [-0.05, 0) is 62.4 Å². The van der Waals surface area contributed by atoms with E-state index in [-0.39, 0.29) is 17.5 Å². The van der Waals surface area contributed by atoms with Crippen molar-refractivity contribution in [3.8, 4) is 11.5 Å². The van der Waals surface area contributed by atoms with Crippen LogP contribution in [-0.2, 0) is 6.61 Å². The first kappa shape index (κ1) is 20.7. The van der Waals surface area contributed by atoms with Gasteiger partial charge < -0.3 is 14.8 Å². The Morgan fingerprint density at radius 1 is 1.03 bits per heavy atom. The van der Waals surface area contributed by atoms with Crippen molar-refractivity contribution < 1.29 is 18.7 Å². The molecule has 6 heteroatoms. The smallest absolute Gasteiger partial charge is 0.255 e. The molecule has 1 N–H and O–H groups in total. The van der Waals surface area contributed by atoms with E-state index in [0.717, 1.165) is 16.9 Å². The van der Waals surface area contributed by atoms with Crippen molar-refractivity contribution in [2.75, 3.05) is 11.9 Å². The molecule has 29 heavy (non-hydrogen) atoms. The monoisotopic (exact) mass is 413 g/mol. The number of nitrogens with one attached hydrogen (secondary N) is 1. The van der Waals surface area contributed by atoms with Crippen LogP contribution in [0.25, 0.3) is 0 Å². The van der Waals surface area contributed by atoms with E-state index < -0.39 is 5.82 Å². The normalized spacial score (nSPS) is 10.5. The summed E-state index contributed by atoms with van der Waals surface area (Å²) in [6, 6.07) is 16.9. The molecule has 3 rings (SSSR count). The minimum atomic E-state index is -0.540. The van der Waals surface area contributed by atoms with Crippen LogP contribution in [0.4, 0.5) is 10.1 Å². The van der Waals surface area contributed by atoms with Crippen LogP contribution in [0.1, 0.15) is 28.4 Å². The Morgan fingerprint density at radius 2 is 1.79 bits per heavy atom. The Hall–Kier alpha value is -3.05. The third-order valence-electron chi connectivity index (χ3n) is 4.22. The van der Waals surface area contributed by atoms with Gasteiger partial charge in [0.15, 0.2) is 0 Å². The molecular weight excluding hydrogens is 393 g/mol. The third-order valence-corrected chi connectivity index (χ3v) is 4.50. The summed E-state index contributed by atoms with van der Waals surface area (Å²) in [6.07, 6.45) is 0. The number of hydrogen-bond acceptors (Lipinski definition) is 3. The van der Waals surface area contributed by atoms with Gasteiger partial charge in [0.05, 0.1) is 11.6 Å². The number of rotatable bonds is 7. The molecule has 0 atom stereocenters. The maximum Gasteiger partial charge on any atom is 0.255 e. The molecule has 0 unspecified atom stereocenters. The van der Waals surface area contributed by atoms with Gasteiger partial charge in [0, 0.05) is 16.8 Å². The average Bonchev–Trinajstić information content (AvgIpc) is 2.71. The van der Waals surface area contributed by atoms with Gasteiger partial charge >= 0.3 is 0 Å². The number of carbonyl (C=O) groups excluding carboxylic acids is 1. The predicted molar refractivity (Wildman–Crippen MR) is 112 cm³/mol. The van der Waals surface area contributed by atoms with Crippen molar-refractivity contribution in [2.45, 2.75) is 20.5 Å². The molecule has 3 aromatic rings. The number of amides is 1. The number of carbonyl (C=O) groups is 1. The zero-order valence-electron chi connectivity index (χ0n) is 16.2. The number of hydrogen-bond donors (Lipinski definition) is 1. The summed E-state index contributed by atoms with van der Waals surface area (Å²) in [4.78, 5) is 12.6. The van der Waals surface area contributed by atoms with Crippen LogP contribution >= 0.6 is 11.6 Å². The largest absolute Gasteiger partial charge is 0.493 e. The fourth-order valence-corrected chi connectivity index (χ4v) is 2.88. The Labute approximate surface area is 174 Å². The van der Waals surface area contributed by atoms with Crippen molar-refractivity contribution in [3.63, 3.8) is 0 Å². The molecule has 0 fully saturated rings. The van der Waals surface area contributed by atoms with Crippen LogP contribution in [0, 0.1) is 12.7 Å². The summed E-state index contributed by atoms with van der Waals surface area (Å²) in [5.74, 6) is 0.503. The van der Waals surface area contributed by atoms with Crippen LogP contribution in [0.15, 0.2) is 60.7 Å². The zero-order chi connectivity index (χ0) is 20.8. The van der Waals surface area contributed by atoms with E-state index in [4.69, 9.17) is 21.1 Å². The average molecular weight is 414 g/mol. The minimum absolute atomic E-state index is 0.0540. The second-order valence-corrected chi connectivity index (χ2v) is 6.85. The van der Waals surface area contributed by atoms with E-state index in [1.54, 1.807) is 18.2 Å². The van der Waals surface area contributed by atoms with Gasteiger partial charge in [-0.1, -0.05) is 29.3 Å². The second-order valence-electron chi connectivity index (χ2n) is 6.44. The fourth-order valence-electron chi connectivity index (χ4n) is 2.70. The van der Waals surface area contributed by atoms with E-state index >= 15 is 0 Å².